The molecule has 0 saturated heterocycles. The molecule has 1 aromatic rings. The summed E-state index contributed by atoms with van der Waals surface area (Å²) in [6.07, 6.45) is 7.55. The summed E-state index contributed by atoms with van der Waals surface area (Å²) in [5.74, 6) is 6.77. The van der Waals surface area contributed by atoms with Gasteiger partial charge in [-0.25, -0.2) is 0 Å². The third kappa shape index (κ3) is 2.39. The highest BCUT2D eigenvalue weighted by Crippen LogP contribution is 2.37. The second-order valence-electron chi connectivity index (χ2n) is 5.21. The zero-order valence-electron chi connectivity index (χ0n) is 10.8. The van der Waals surface area contributed by atoms with E-state index in [9.17, 15) is 0 Å². The maximum absolute atomic E-state index is 5.77. The van der Waals surface area contributed by atoms with Gasteiger partial charge in [0.25, 0.3) is 0 Å². The van der Waals surface area contributed by atoms with Crippen molar-refractivity contribution in [3.63, 3.8) is 0 Å². The molecule has 3 N–H and O–H groups in total. The van der Waals surface area contributed by atoms with Crippen molar-refractivity contribution in [3.05, 3.63) is 24.2 Å². The van der Waals surface area contributed by atoms with Crippen molar-refractivity contribution in [2.75, 3.05) is 14.1 Å². The second kappa shape index (κ2) is 5.21. The second-order valence-corrected chi connectivity index (χ2v) is 5.21. The molecule has 0 aromatic carbocycles. The molecule has 1 aliphatic rings. The van der Waals surface area contributed by atoms with Gasteiger partial charge in [-0.15, -0.1) is 0 Å². The van der Waals surface area contributed by atoms with E-state index in [1.165, 1.54) is 25.7 Å². The third-order valence-electron chi connectivity index (χ3n) is 4.20. The first-order valence-corrected chi connectivity index (χ1v) is 6.35. The van der Waals surface area contributed by atoms with Gasteiger partial charge < -0.3 is 9.32 Å². The van der Waals surface area contributed by atoms with Gasteiger partial charge in [-0.3, -0.25) is 11.3 Å². The molecular weight excluding hydrogens is 214 g/mol. The summed E-state index contributed by atoms with van der Waals surface area (Å²) in [5, 5.41) is 0. The molecule has 1 atom stereocenters. The molecule has 1 saturated carbocycles. The van der Waals surface area contributed by atoms with Gasteiger partial charge in [0.15, 0.2) is 0 Å². The molecule has 4 nitrogen and oxygen atoms in total. The van der Waals surface area contributed by atoms with E-state index in [0.717, 1.165) is 12.2 Å². The molecular formula is C13H23N3O. The molecule has 1 heterocycles. The molecule has 17 heavy (non-hydrogen) atoms. The van der Waals surface area contributed by atoms with Gasteiger partial charge in [-0.05, 0) is 39.1 Å². The zero-order chi connectivity index (χ0) is 12.3. The number of hydrazine groups is 1. The fourth-order valence-electron chi connectivity index (χ4n) is 3.13. The SMILES string of the molecule is CN(C)C1(C(Cc2ccco2)NN)CCCC1. The Morgan fingerprint density at radius 2 is 2.18 bits per heavy atom. The van der Waals surface area contributed by atoms with Crippen molar-refractivity contribution in [1.29, 1.82) is 0 Å². The van der Waals surface area contributed by atoms with Crippen LogP contribution in [0.3, 0.4) is 0 Å². The zero-order valence-corrected chi connectivity index (χ0v) is 10.8. The van der Waals surface area contributed by atoms with E-state index in [2.05, 4.69) is 24.4 Å². The number of hydrogen-bond donors (Lipinski definition) is 2. The van der Waals surface area contributed by atoms with Crippen LogP contribution in [0.2, 0.25) is 0 Å². The summed E-state index contributed by atoms with van der Waals surface area (Å²) in [4.78, 5) is 2.33. The van der Waals surface area contributed by atoms with Gasteiger partial charge in [0.1, 0.15) is 5.76 Å². The van der Waals surface area contributed by atoms with Gasteiger partial charge in [-0.1, -0.05) is 12.8 Å². The number of nitrogens with one attached hydrogen (secondary N) is 1. The third-order valence-corrected chi connectivity index (χ3v) is 4.20. The number of hydrogen-bond acceptors (Lipinski definition) is 4. The van der Waals surface area contributed by atoms with Crippen molar-refractivity contribution in [3.8, 4) is 0 Å². The van der Waals surface area contributed by atoms with Crippen molar-refractivity contribution >= 4 is 0 Å². The first kappa shape index (κ1) is 12.6. The molecule has 0 aliphatic heterocycles. The Bertz CT molecular complexity index is 328. The smallest absolute Gasteiger partial charge is 0.105 e. The minimum Gasteiger partial charge on any atom is -0.469 e. The predicted octanol–water partition coefficient (Wildman–Crippen LogP) is 1.53. The van der Waals surface area contributed by atoms with E-state index >= 15 is 0 Å². The number of nitrogens with zero attached hydrogens (tertiary/aromatic N) is 1. The molecule has 1 aliphatic carbocycles. The Morgan fingerprint density at radius 1 is 1.47 bits per heavy atom. The Kier molecular flexibility index (Phi) is 3.86. The van der Waals surface area contributed by atoms with Crippen LogP contribution in [0.5, 0.6) is 0 Å². The molecule has 96 valence electrons. The lowest BCUT2D eigenvalue weighted by molar-refractivity contribution is 0.102. The lowest BCUT2D eigenvalue weighted by atomic mass is 9.84. The van der Waals surface area contributed by atoms with E-state index in [-0.39, 0.29) is 11.6 Å². The highest BCUT2D eigenvalue weighted by molar-refractivity contribution is 5.08. The summed E-state index contributed by atoms with van der Waals surface area (Å²) in [6.45, 7) is 0. The minimum absolute atomic E-state index is 0.168. The van der Waals surface area contributed by atoms with Crippen molar-refractivity contribution in [2.24, 2.45) is 5.84 Å². The maximum Gasteiger partial charge on any atom is 0.105 e. The molecule has 0 radical (unpaired) electrons. The highest BCUT2D eigenvalue weighted by atomic mass is 16.3. The molecule has 0 spiro atoms. The quantitative estimate of drug-likeness (QED) is 0.602. The fourth-order valence-corrected chi connectivity index (χ4v) is 3.13. The van der Waals surface area contributed by atoms with Gasteiger partial charge in [-0.2, -0.15) is 0 Å². The van der Waals surface area contributed by atoms with Crippen LogP contribution in [0.25, 0.3) is 0 Å². The molecule has 0 amide bonds. The number of likely N-dealkylation sites (N-methyl/N-ethyl adjacent to an activating group) is 1. The first-order chi connectivity index (χ1) is 8.19. The topological polar surface area (TPSA) is 54.4 Å². The van der Waals surface area contributed by atoms with Crippen molar-refractivity contribution in [1.82, 2.24) is 10.3 Å². The largest absolute Gasteiger partial charge is 0.469 e. The molecule has 1 aromatic heterocycles. The van der Waals surface area contributed by atoms with Crippen LogP contribution in [-0.4, -0.2) is 30.6 Å². The van der Waals surface area contributed by atoms with E-state index in [0.29, 0.717) is 0 Å². The summed E-state index contributed by atoms with van der Waals surface area (Å²) < 4.78 is 5.44. The lowest BCUT2D eigenvalue weighted by Gasteiger charge is -2.42. The standard InChI is InChI=1S/C13H23N3O/c1-16(2)13(7-3-4-8-13)12(15-14)10-11-6-5-9-17-11/h5-6,9,12,15H,3-4,7-8,10,14H2,1-2H3. The summed E-state index contributed by atoms with van der Waals surface area (Å²) in [7, 11) is 4.30. The average molecular weight is 237 g/mol. The van der Waals surface area contributed by atoms with Crippen LogP contribution in [0.1, 0.15) is 31.4 Å². The molecule has 4 heteroatoms. The summed E-state index contributed by atoms with van der Waals surface area (Å²) in [5.41, 5.74) is 3.17. The Morgan fingerprint density at radius 3 is 2.65 bits per heavy atom. The summed E-state index contributed by atoms with van der Waals surface area (Å²) in [6, 6.07) is 4.19. The fraction of sp³-hybridized carbons (Fsp3) is 0.692. The monoisotopic (exact) mass is 237 g/mol. The van der Waals surface area contributed by atoms with Gasteiger partial charge >= 0.3 is 0 Å². The van der Waals surface area contributed by atoms with E-state index < -0.39 is 0 Å². The highest BCUT2D eigenvalue weighted by Gasteiger charge is 2.43. The summed E-state index contributed by atoms with van der Waals surface area (Å²) >= 11 is 0. The van der Waals surface area contributed by atoms with Crippen LogP contribution in [0.15, 0.2) is 22.8 Å². The molecule has 1 unspecified atom stereocenters. The van der Waals surface area contributed by atoms with E-state index in [4.69, 9.17) is 10.3 Å². The van der Waals surface area contributed by atoms with Crippen LogP contribution >= 0.6 is 0 Å². The first-order valence-electron chi connectivity index (χ1n) is 6.35. The number of furan rings is 1. The maximum atomic E-state index is 5.77. The van der Waals surface area contributed by atoms with E-state index in [1.54, 1.807) is 6.26 Å². The van der Waals surface area contributed by atoms with Crippen molar-refractivity contribution < 1.29 is 4.42 Å². The van der Waals surface area contributed by atoms with E-state index in [1.807, 2.05) is 12.1 Å². The molecule has 2 rings (SSSR count). The molecule has 1 fully saturated rings. The van der Waals surface area contributed by atoms with Crippen LogP contribution < -0.4 is 11.3 Å². The number of nitrogens with two attached hydrogens (primary N) is 1. The van der Waals surface area contributed by atoms with Crippen LogP contribution in [0, 0.1) is 0 Å². The van der Waals surface area contributed by atoms with Crippen LogP contribution in [-0.2, 0) is 6.42 Å². The Hall–Kier alpha value is -0.840. The van der Waals surface area contributed by atoms with Gasteiger partial charge in [0.05, 0.1) is 6.26 Å². The number of rotatable bonds is 5. The Labute approximate surface area is 103 Å². The van der Waals surface area contributed by atoms with Gasteiger partial charge in [0.2, 0.25) is 0 Å². The van der Waals surface area contributed by atoms with Crippen molar-refractivity contribution in [2.45, 2.75) is 43.7 Å². The van der Waals surface area contributed by atoms with Gasteiger partial charge in [0, 0.05) is 18.0 Å². The lowest BCUT2D eigenvalue weighted by Crippen LogP contribution is -2.60. The average Bonchev–Trinajstić information content (AvgIpc) is 2.97. The van der Waals surface area contributed by atoms with Crippen LogP contribution in [0.4, 0.5) is 0 Å². The minimum atomic E-state index is 0.168. The molecule has 0 bridgehead atoms. The predicted molar refractivity (Wildman–Crippen MR) is 68.4 cm³/mol. The normalized spacial score (nSPS) is 20.9. The Balaban J connectivity index is 2.15.